The minimum Gasteiger partial charge on any atom is -0.354 e. The molecule has 2 rings (SSSR count). The predicted molar refractivity (Wildman–Crippen MR) is 125 cm³/mol. The Morgan fingerprint density at radius 2 is 1.74 bits per heavy atom. The number of thiophene rings is 1. The fourth-order valence-corrected chi connectivity index (χ4v) is 3.59. The Kier molecular flexibility index (Phi) is 10.2. The van der Waals surface area contributed by atoms with Gasteiger partial charge in [0, 0.05) is 18.7 Å². The van der Waals surface area contributed by atoms with Crippen LogP contribution in [0.2, 0.25) is 0 Å². The van der Waals surface area contributed by atoms with E-state index in [-0.39, 0.29) is 24.3 Å². The first-order valence-corrected chi connectivity index (χ1v) is 11.8. The first-order chi connectivity index (χ1) is 14.9. The van der Waals surface area contributed by atoms with E-state index < -0.39 is 6.04 Å². The lowest BCUT2D eigenvalue weighted by atomic mass is 10.1. The summed E-state index contributed by atoms with van der Waals surface area (Å²) < 4.78 is 0. The topological polar surface area (TPSA) is 87.3 Å². The van der Waals surface area contributed by atoms with E-state index in [4.69, 9.17) is 0 Å². The van der Waals surface area contributed by atoms with Crippen LogP contribution >= 0.6 is 11.3 Å². The van der Waals surface area contributed by atoms with Crippen molar-refractivity contribution in [3.8, 4) is 0 Å². The molecule has 0 bridgehead atoms. The molecule has 0 spiro atoms. The number of rotatable bonds is 12. The van der Waals surface area contributed by atoms with Gasteiger partial charge in [-0.05, 0) is 54.3 Å². The van der Waals surface area contributed by atoms with Gasteiger partial charge in [0.15, 0.2) is 0 Å². The van der Waals surface area contributed by atoms with Crippen LogP contribution < -0.4 is 16.0 Å². The number of hydrogen-bond acceptors (Lipinski definition) is 4. The van der Waals surface area contributed by atoms with Crippen molar-refractivity contribution in [1.82, 2.24) is 16.0 Å². The maximum Gasteiger partial charge on any atom is 0.261 e. The molecule has 0 unspecified atom stereocenters. The number of carbonyl (C=O) groups excluding carboxylic acids is 3. The summed E-state index contributed by atoms with van der Waals surface area (Å²) in [7, 11) is 0. The third kappa shape index (κ3) is 8.53. The van der Waals surface area contributed by atoms with Gasteiger partial charge in [-0.15, -0.1) is 11.3 Å². The first-order valence-electron chi connectivity index (χ1n) is 10.9. The van der Waals surface area contributed by atoms with E-state index in [0.29, 0.717) is 22.9 Å². The van der Waals surface area contributed by atoms with Gasteiger partial charge in [-0.2, -0.15) is 0 Å². The summed E-state index contributed by atoms with van der Waals surface area (Å²) in [4.78, 5) is 38.3. The van der Waals surface area contributed by atoms with Crippen LogP contribution in [0.4, 0.5) is 0 Å². The molecule has 3 amide bonds. The highest BCUT2D eigenvalue weighted by molar-refractivity contribution is 7.12. The monoisotopic (exact) mass is 443 g/mol. The van der Waals surface area contributed by atoms with E-state index in [1.807, 2.05) is 17.5 Å². The molecule has 1 atom stereocenters. The van der Waals surface area contributed by atoms with Crippen LogP contribution in [0.5, 0.6) is 0 Å². The molecule has 1 heterocycles. The van der Waals surface area contributed by atoms with Gasteiger partial charge in [0.25, 0.3) is 11.8 Å². The number of unbranched alkanes of at least 4 members (excludes halogenated alkanes) is 1. The van der Waals surface area contributed by atoms with Crippen molar-refractivity contribution in [2.24, 2.45) is 5.92 Å². The lowest BCUT2D eigenvalue weighted by Crippen LogP contribution is -2.52. The minimum atomic E-state index is -0.858. The second-order valence-corrected chi connectivity index (χ2v) is 8.94. The summed E-state index contributed by atoms with van der Waals surface area (Å²) in [5.41, 5.74) is 1.68. The third-order valence-electron chi connectivity index (χ3n) is 4.89. The lowest BCUT2D eigenvalue weighted by molar-refractivity contribution is -0.122. The second-order valence-electron chi connectivity index (χ2n) is 7.99. The number of carbonyl (C=O) groups is 3. The van der Waals surface area contributed by atoms with Gasteiger partial charge < -0.3 is 16.0 Å². The van der Waals surface area contributed by atoms with Crippen LogP contribution in [0.15, 0.2) is 41.8 Å². The Bertz CT molecular complexity index is 832. The van der Waals surface area contributed by atoms with E-state index in [9.17, 15) is 14.4 Å². The van der Waals surface area contributed by atoms with Crippen LogP contribution in [0.3, 0.4) is 0 Å². The smallest absolute Gasteiger partial charge is 0.261 e. The lowest BCUT2D eigenvalue weighted by Gasteiger charge is -2.19. The number of aryl methyl sites for hydroxylation is 1. The molecule has 7 heteroatoms. The van der Waals surface area contributed by atoms with Crippen LogP contribution in [0, 0.1) is 5.92 Å². The standard InChI is InChI=1S/C24H33N3O3S/c1-4-5-7-18-9-11-19(12-10-18)22(28)27-20(23(29)25-14-13-17(2)3)16-26-24(30)21-8-6-15-31-21/h6,8-12,15,17,20H,4-5,7,13-14,16H2,1-3H3,(H,25,29)(H,26,30)(H,27,28)/t20-/m0/s1. The number of amides is 3. The molecule has 0 aliphatic carbocycles. The third-order valence-corrected chi connectivity index (χ3v) is 5.76. The molecule has 1 aromatic carbocycles. The van der Waals surface area contributed by atoms with Crippen molar-refractivity contribution in [1.29, 1.82) is 0 Å². The Labute approximate surface area is 188 Å². The van der Waals surface area contributed by atoms with Crippen LogP contribution in [-0.4, -0.2) is 36.9 Å². The Morgan fingerprint density at radius 1 is 1.00 bits per heavy atom. The zero-order chi connectivity index (χ0) is 22.6. The maximum atomic E-state index is 12.7. The Hall–Kier alpha value is -2.67. The molecule has 1 aromatic heterocycles. The summed E-state index contributed by atoms with van der Waals surface area (Å²) in [6.07, 6.45) is 4.04. The Balaban J connectivity index is 2.01. The molecule has 31 heavy (non-hydrogen) atoms. The molecule has 0 radical (unpaired) electrons. The van der Waals surface area contributed by atoms with Crippen LogP contribution in [0.1, 0.15) is 65.6 Å². The average Bonchev–Trinajstić information content (AvgIpc) is 3.30. The molecule has 3 N–H and O–H groups in total. The predicted octanol–water partition coefficient (Wildman–Crippen LogP) is 3.78. The molecule has 0 saturated heterocycles. The van der Waals surface area contributed by atoms with Crippen LogP contribution in [-0.2, 0) is 11.2 Å². The van der Waals surface area contributed by atoms with Crippen molar-refractivity contribution < 1.29 is 14.4 Å². The quantitative estimate of drug-likeness (QED) is 0.466. The van der Waals surface area contributed by atoms with E-state index in [2.05, 4.69) is 36.7 Å². The van der Waals surface area contributed by atoms with Crippen LogP contribution in [0.25, 0.3) is 0 Å². The largest absolute Gasteiger partial charge is 0.354 e. The highest BCUT2D eigenvalue weighted by Crippen LogP contribution is 2.09. The number of hydrogen-bond donors (Lipinski definition) is 3. The fourth-order valence-electron chi connectivity index (χ4n) is 2.95. The zero-order valence-corrected chi connectivity index (χ0v) is 19.4. The SMILES string of the molecule is CCCCc1ccc(C(=O)N[C@@H](CNC(=O)c2cccs2)C(=O)NCCC(C)C)cc1. The van der Waals surface area contributed by atoms with Crippen molar-refractivity contribution >= 4 is 29.1 Å². The number of benzene rings is 1. The van der Waals surface area contributed by atoms with Gasteiger partial charge in [0.1, 0.15) is 6.04 Å². The molecule has 2 aromatic rings. The van der Waals surface area contributed by atoms with E-state index >= 15 is 0 Å². The number of nitrogens with one attached hydrogen (secondary N) is 3. The van der Waals surface area contributed by atoms with Gasteiger partial charge in [0.2, 0.25) is 5.91 Å². The highest BCUT2D eigenvalue weighted by atomic mass is 32.1. The van der Waals surface area contributed by atoms with Crippen molar-refractivity contribution in [3.63, 3.8) is 0 Å². The van der Waals surface area contributed by atoms with Crippen molar-refractivity contribution in [3.05, 3.63) is 57.8 Å². The summed E-state index contributed by atoms with van der Waals surface area (Å²) in [5.74, 6) is -0.445. The molecule has 0 aliphatic heterocycles. The first kappa shape index (κ1) is 24.6. The fraction of sp³-hybridized carbons (Fsp3) is 0.458. The molecular weight excluding hydrogens is 410 g/mol. The minimum absolute atomic E-state index is 0.0184. The van der Waals surface area contributed by atoms with Gasteiger partial charge in [0.05, 0.1) is 4.88 Å². The van der Waals surface area contributed by atoms with Gasteiger partial charge in [-0.1, -0.05) is 45.4 Å². The average molecular weight is 444 g/mol. The van der Waals surface area contributed by atoms with Crippen molar-refractivity contribution in [2.45, 2.75) is 52.5 Å². The Morgan fingerprint density at radius 3 is 2.35 bits per heavy atom. The summed E-state index contributed by atoms with van der Waals surface area (Å²) in [6.45, 7) is 6.84. The summed E-state index contributed by atoms with van der Waals surface area (Å²) >= 11 is 1.33. The molecule has 0 aliphatic rings. The normalized spacial score (nSPS) is 11.7. The van der Waals surface area contributed by atoms with Crippen molar-refractivity contribution in [2.75, 3.05) is 13.1 Å². The summed E-state index contributed by atoms with van der Waals surface area (Å²) in [6, 6.07) is 10.1. The molecule has 6 nitrogen and oxygen atoms in total. The van der Waals surface area contributed by atoms with E-state index in [0.717, 1.165) is 25.7 Å². The van der Waals surface area contributed by atoms with E-state index in [1.165, 1.54) is 16.9 Å². The van der Waals surface area contributed by atoms with Gasteiger partial charge >= 0.3 is 0 Å². The molecular formula is C24H33N3O3S. The molecule has 0 saturated carbocycles. The van der Waals surface area contributed by atoms with Gasteiger partial charge in [-0.25, -0.2) is 0 Å². The second kappa shape index (κ2) is 12.9. The summed E-state index contributed by atoms with van der Waals surface area (Å²) in [5, 5.41) is 10.2. The molecule has 168 valence electrons. The zero-order valence-electron chi connectivity index (χ0n) is 18.6. The maximum absolute atomic E-state index is 12.7. The molecule has 0 fully saturated rings. The van der Waals surface area contributed by atoms with E-state index in [1.54, 1.807) is 24.3 Å². The van der Waals surface area contributed by atoms with Gasteiger partial charge in [-0.3, -0.25) is 14.4 Å². The highest BCUT2D eigenvalue weighted by Gasteiger charge is 2.22.